The lowest BCUT2D eigenvalue weighted by Gasteiger charge is -2.13. The van der Waals surface area contributed by atoms with Crippen LogP contribution in [0.4, 0.5) is 13.2 Å². The van der Waals surface area contributed by atoms with E-state index in [2.05, 4.69) is 9.84 Å². The minimum Gasteiger partial charge on any atom is -0.493 e. The number of rotatable bonds is 5. The summed E-state index contributed by atoms with van der Waals surface area (Å²) in [5.41, 5.74) is 0.821. The fourth-order valence-corrected chi connectivity index (χ4v) is 1.96. The zero-order valence-electron chi connectivity index (χ0n) is 14.8. The summed E-state index contributed by atoms with van der Waals surface area (Å²) in [4.78, 5) is 20.2. The molecule has 2 rings (SSSR count). The van der Waals surface area contributed by atoms with E-state index in [-0.39, 0.29) is 6.61 Å². The molecule has 0 saturated carbocycles. The van der Waals surface area contributed by atoms with Gasteiger partial charge in [-0.3, -0.25) is 0 Å². The maximum atomic E-state index is 11.3. The maximum Gasteiger partial charge on any atom is 0.490 e. The molecule has 0 amide bonds. The molecule has 0 unspecified atom stereocenters. The molecule has 0 fully saturated rings. The van der Waals surface area contributed by atoms with Gasteiger partial charge in [0.05, 0.1) is 20.4 Å². The molecule has 152 valence electrons. The molecule has 0 aromatic heterocycles. The molecule has 0 saturated heterocycles. The van der Waals surface area contributed by atoms with E-state index in [1.54, 1.807) is 6.07 Å². The first kappa shape index (κ1) is 22.5. The predicted molar refractivity (Wildman–Crippen MR) is 93.5 cm³/mol. The van der Waals surface area contributed by atoms with Gasteiger partial charge in [-0.25, -0.2) is 9.59 Å². The molecule has 0 atom stereocenters. The Morgan fingerprint density at radius 1 is 1.21 bits per heavy atom. The van der Waals surface area contributed by atoms with Crippen molar-refractivity contribution in [1.82, 2.24) is 0 Å². The van der Waals surface area contributed by atoms with Crippen molar-refractivity contribution in [2.75, 3.05) is 20.8 Å². The SMILES string of the molecule is COC(=O)COc1c(OC)ccc2ccc(C=NN)cc12.O=C(O)C(F)(F)F. The van der Waals surface area contributed by atoms with Crippen molar-refractivity contribution in [3.8, 4) is 11.5 Å². The summed E-state index contributed by atoms with van der Waals surface area (Å²) in [6.45, 7) is -0.193. The molecule has 0 aliphatic carbocycles. The second kappa shape index (κ2) is 10.00. The number of benzene rings is 2. The van der Waals surface area contributed by atoms with Gasteiger partial charge >= 0.3 is 18.1 Å². The van der Waals surface area contributed by atoms with Crippen LogP contribution < -0.4 is 15.3 Å². The standard InChI is InChI=1S/C15H16N2O4.C2HF3O2/c1-19-13-6-5-11-4-3-10(8-17-16)7-12(11)15(13)21-9-14(18)20-2;3-2(4,5)1(6)7/h3-8H,9,16H2,1-2H3;(H,6,7). The lowest BCUT2D eigenvalue weighted by molar-refractivity contribution is -0.192. The molecular weight excluding hydrogens is 385 g/mol. The van der Waals surface area contributed by atoms with Gasteiger partial charge in [-0.2, -0.15) is 18.3 Å². The Morgan fingerprint density at radius 2 is 1.82 bits per heavy atom. The lowest BCUT2D eigenvalue weighted by atomic mass is 10.1. The lowest BCUT2D eigenvalue weighted by Crippen LogP contribution is -2.21. The summed E-state index contributed by atoms with van der Waals surface area (Å²) in [6, 6.07) is 9.35. The van der Waals surface area contributed by atoms with Gasteiger partial charge in [0.2, 0.25) is 0 Å². The number of carboxylic acids is 1. The van der Waals surface area contributed by atoms with E-state index in [9.17, 15) is 18.0 Å². The maximum absolute atomic E-state index is 11.3. The fourth-order valence-electron chi connectivity index (χ4n) is 1.96. The van der Waals surface area contributed by atoms with Crippen molar-refractivity contribution >= 4 is 28.9 Å². The van der Waals surface area contributed by atoms with Crippen LogP contribution in [0.5, 0.6) is 11.5 Å². The average Bonchev–Trinajstić information content (AvgIpc) is 2.65. The number of hydrazone groups is 1. The quantitative estimate of drug-likeness (QED) is 0.341. The van der Waals surface area contributed by atoms with Crippen LogP contribution in [0.2, 0.25) is 0 Å². The van der Waals surface area contributed by atoms with Crippen LogP contribution in [0.1, 0.15) is 5.56 Å². The molecule has 0 heterocycles. The van der Waals surface area contributed by atoms with Gasteiger partial charge in [0.1, 0.15) is 0 Å². The van der Waals surface area contributed by atoms with Crippen molar-refractivity contribution in [2.45, 2.75) is 6.18 Å². The number of aliphatic carboxylic acids is 1. The molecule has 2 aromatic carbocycles. The molecule has 8 nitrogen and oxygen atoms in total. The van der Waals surface area contributed by atoms with Crippen LogP contribution in [0.3, 0.4) is 0 Å². The number of carboxylic acid groups (broad SMARTS) is 1. The molecular formula is C17H17F3N2O6. The van der Waals surface area contributed by atoms with E-state index in [1.165, 1.54) is 20.4 Å². The number of esters is 1. The van der Waals surface area contributed by atoms with Crippen LogP contribution in [0, 0.1) is 0 Å². The number of carbonyl (C=O) groups excluding carboxylic acids is 1. The number of ether oxygens (including phenoxy) is 3. The number of halogens is 3. The highest BCUT2D eigenvalue weighted by Gasteiger charge is 2.38. The summed E-state index contributed by atoms with van der Waals surface area (Å²) in [5.74, 6) is 2.96. The van der Waals surface area contributed by atoms with Crippen molar-refractivity contribution < 1.29 is 42.1 Å². The van der Waals surface area contributed by atoms with E-state index >= 15 is 0 Å². The number of fused-ring (bicyclic) bond motifs is 1. The third kappa shape index (κ3) is 6.34. The number of alkyl halides is 3. The fraction of sp³-hybridized carbons (Fsp3) is 0.235. The summed E-state index contributed by atoms with van der Waals surface area (Å²) in [6.07, 6.45) is -3.55. The van der Waals surface area contributed by atoms with E-state index < -0.39 is 18.1 Å². The Labute approximate surface area is 157 Å². The molecule has 0 bridgehead atoms. The van der Waals surface area contributed by atoms with Crippen LogP contribution in [-0.4, -0.2) is 50.3 Å². The molecule has 0 aliphatic rings. The van der Waals surface area contributed by atoms with Crippen LogP contribution in [0.25, 0.3) is 10.8 Å². The number of hydrogen-bond donors (Lipinski definition) is 2. The van der Waals surface area contributed by atoms with Crippen LogP contribution in [-0.2, 0) is 14.3 Å². The average molecular weight is 402 g/mol. The Kier molecular flexibility index (Phi) is 8.05. The number of nitrogens with two attached hydrogens (primary N) is 1. The van der Waals surface area contributed by atoms with E-state index in [0.29, 0.717) is 11.5 Å². The monoisotopic (exact) mass is 402 g/mol. The van der Waals surface area contributed by atoms with Gasteiger partial charge in [-0.05, 0) is 23.1 Å². The zero-order chi connectivity index (χ0) is 21.3. The first-order valence-electron chi connectivity index (χ1n) is 7.47. The number of carbonyl (C=O) groups is 2. The highest BCUT2D eigenvalue weighted by atomic mass is 19.4. The number of methoxy groups -OCH3 is 2. The van der Waals surface area contributed by atoms with Crippen molar-refractivity contribution in [1.29, 1.82) is 0 Å². The van der Waals surface area contributed by atoms with Gasteiger partial charge in [-0.1, -0.05) is 18.2 Å². The predicted octanol–water partition coefficient (Wildman–Crippen LogP) is 2.33. The second-order valence-corrected chi connectivity index (χ2v) is 5.02. The molecule has 0 radical (unpaired) electrons. The smallest absolute Gasteiger partial charge is 0.490 e. The number of hydrogen-bond acceptors (Lipinski definition) is 7. The molecule has 11 heteroatoms. The highest BCUT2D eigenvalue weighted by molar-refractivity contribution is 5.95. The third-order valence-corrected chi connectivity index (χ3v) is 3.21. The molecule has 0 spiro atoms. The summed E-state index contributed by atoms with van der Waals surface area (Å²) in [7, 11) is 2.85. The van der Waals surface area contributed by atoms with E-state index in [4.69, 9.17) is 25.2 Å². The van der Waals surface area contributed by atoms with Crippen molar-refractivity contribution in [2.24, 2.45) is 10.9 Å². The Morgan fingerprint density at radius 3 is 2.32 bits per heavy atom. The first-order valence-corrected chi connectivity index (χ1v) is 7.47. The highest BCUT2D eigenvalue weighted by Crippen LogP contribution is 2.36. The molecule has 0 aliphatic heterocycles. The minimum absolute atomic E-state index is 0.193. The Balaban J connectivity index is 0.000000480. The van der Waals surface area contributed by atoms with Crippen LogP contribution in [0.15, 0.2) is 35.4 Å². The third-order valence-electron chi connectivity index (χ3n) is 3.21. The molecule has 28 heavy (non-hydrogen) atoms. The first-order chi connectivity index (χ1) is 13.1. The zero-order valence-corrected chi connectivity index (χ0v) is 14.8. The summed E-state index contributed by atoms with van der Waals surface area (Å²) in [5, 5.41) is 12.4. The second-order valence-electron chi connectivity index (χ2n) is 5.02. The number of nitrogens with zero attached hydrogens (tertiary/aromatic N) is 1. The summed E-state index contributed by atoms with van der Waals surface area (Å²) < 4.78 is 47.1. The Hall–Kier alpha value is -3.50. The van der Waals surface area contributed by atoms with Gasteiger partial charge in [-0.15, -0.1) is 0 Å². The van der Waals surface area contributed by atoms with Gasteiger partial charge in [0.25, 0.3) is 0 Å². The van der Waals surface area contributed by atoms with E-state index in [0.717, 1.165) is 16.3 Å². The molecule has 3 N–H and O–H groups in total. The van der Waals surface area contributed by atoms with Crippen LogP contribution >= 0.6 is 0 Å². The van der Waals surface area contributed by atoms with E-state index in [1.807, 2.05) is 24.3 Å². The molecule has 2 aromatic rings. The largest absolute Gasteiger partial charge is 0.493 e. The van der Waals surface area contributed by atoms with Gasteiger partial charge in [0, 0.05) is 5.39 Å². The van der Waals surface area contributed by atoms with Gasteiger partial charge in [0.15, 0.2) is 18.1 Å². The van der Waals surface area contributed by atoms with Crippen molar-refractivity contribution in [3.63, 3.8) is 0 Å². The Bertz CT molecular complexity index is 868. The minimum atomic E-state index is -5.08. The van der Waals surface area contributed by atoms with Gasteiger partial charge < -0.3 is 25.2 Å². The van der Waals surface area contributed by atoms with Crippen molar-refractivity contribution in [3.05, 3.63) is 35.9 Å². The topological polar surface area (TPSA) is 120 Å². The normalized spacial score (nSPS) is 10.9. The summed E-state index contributed by atoms with van der Waals surface area (Å²) >= 11 is 0.